The second kappa shape index (κ2) is 9.41. The number of nitrogens with one attached hydrogen (secondary N) is 1. The van der Waals surface area contributed by atoms with Gasteiger partial charge in [-0.3, -0.25) is 24.1 Å². The fraction of sp³-hybridized carbons (Fsp3) is 0.435. The average Bonchev–Trinajstić information content (AvgIpc) is 2.80. The van der Waals surface area contributed by atoms with Gasteiger partial charge >= 0.3 is 0 Å². The number of piperidine rings is 1. The van der Waals surface area contributed by atoms with Crippen LogP contribution in [0.1, 0.15) is 52.6 Å². The zero-order chi connectivity index (χ0) is 24.6. The van der Waals surface area contributed by atoms with Crippen molar-refractivity contribution in [2.75, 3.05) is 25.3 Å². The first kappa shape index (κ1) is 23.7. The maximum absolute atomic E-state index is 13.9. The molecule has 2 aromatic rings. The van der Waals surface area contributed by atoms with Gasteiger partial charge in [0.2, 0.25) is 5.43 Å². The molecule has 0 saturated carbocycles. The Morgan fingerprint density at radius 3 is 2.71 bits per heavy atom. The molecule has 2 atom stereocenters. The van der Waals surface area contributed by atoms with Crippen molar-refractivity contribution in [1.82, 2.24) is 14.9 Å². The molecule has 1 fully saturated rings. The molecule has 1 aromatic carbocycles. The summed E-state index contributed by atoms with van der Waals surface area (Å²) in [6, 6.07) is 2.78. The van der Waals surface area contributed by atoms with E-state index in [4.69, 9.17) is 4.74 Å². The maximum atomic E-state index is 13.9. The van der Waals surface area contributed by atoms with E-state index in [1.807, 2.05) is 11.9 Å². The van der Waals surface area contributed by atoms with Gasteiger partial charge in [-0.15, -0.1) is 0 Å². The minimum Gasteiger partial charge on any atom is -0.502 e. The van der Waals surface area contributed by atoms with Crippen LogP contribution in [0.2, 0.25) is 0 Å². The number of hydrogen-bond donors (Lipinski definition) is 2. The molecular formula is C23H26F2N4O5. The first-order chi connectivity index (χ1) is 16.3. The van der Waals surface area contributed by atoms with Gasteiger partial charge in [0.1, 0.15) is 23.4 Å². The highest BCUT2D eigenvalue weighted by Crippen LogP contribution is 2.32. The quantitative estimate of drug-likeness (QED) is 0.658. The van der Waals surface area contributed by atoms with Gasteiger partial charge in [0.15, 0.2) is 11.4 Å². The molecule has 11 heteroatoms. The summed E-state index contributed by atoms with van der Waals surface area (Å²) in [4.78, 5) is 40.5. The summed E-state index contributed by atoms with van der Waals surface area (Å²) in [5.41, 5.74) is -1.59. The van der Waals surface area contributed by atoms with Gasteiger partial charge in [-0.2, -0.15) is 0 Å². The van der Waals surface area contributed by atoms with Crippen LogP contribution in [0.15, 0.2) is 29.2 Å². The molecule has 0 radical (unpaired) electrons. The SMILES string of the molecule is CCN1C(=O)c2c(O)c(=O)c(C(=O)NCc3ccc(F)cc3F)cn2N2[C@H](COC)CCC[C@@H]12. The highest BCUT2D eigenvalue weighted by Gasteiger charge is 2.44. The molecule has 182 valence electrons. The number of ether oxygens (including phenoxy) is 1. The molecule has 2 aliphatic rings. The average molecular weight is 476 g/mol. The van der Waals surface area contributed by atoms with Crippen LogP contribution >= 0.6 is 0 Å². The number of hydrogen-bond acceptors (Lipinski definition) is 6. The van der Waals surface area contributed by atoms with Crippen LogP contribution in [0.5, 0.6) is 5.75 Å². The number of carbonyl (C=O) groups excluding carboxylic acids is 2. The Hall–Kier alpha value is -3.47. The molecule has 2 N–H and O–H groups in total. The first-order valence-electron chi connectivity index (χ1n) is 11.1. The fourth-order valence-electron chi connectivity index (χ4n) is 4.71. The summed E-state index contributed by atoms with van der Waals surface area (Å²) >= 11 is 0. The zero-order valence-electron chi connectivity index (χ0n) is 18.9. The highest BCUT2D eigenvalue weighted by atomic mass is 19.1. The maximum Gasteiger partial charge on any atom is 0.278 e. The lowest BCUT2D eigenvalue weighted by atomic mass is 9.99. The molecule has 0 spiro atoms. The Bertz CT molecular complexity index is 1180. The molecule has 0 bridgehead atoms. The van der Waals surface area contributed by atoms with Gasteiger partial charge < -0.3 is 20.1 Å². The predicted molar refractivity (Wildman–Crippen MR) is 118 cm³/mol. The molecule has 1 saturated heterocycles. The zero-order valence-corrected chi connectivity index (χ0v) is 18.9. The number of aromatic hydroxyl groups is 1. The lowest BCUT2D eigenvalue weighted by Gasteiger charge is -2.52. The molecule has 34 heavy (non-hydrogen) atoms. The molecule has 2 amide bonds. The molecule has 1 aromatic heterocycles. The monoisotopic (exact) mass is 476 g/mol. The predicted octanol–water partition coefficient (Wildman–Crippen LogP) is 1.70. The van der Waals surface area contributed by atoms with E-state index in [0.717, 1.165) is 18.9 Å². The summed E-state index contributed by atoms with van der Waals surface area (Å²) in [7, 11) is 1.56. The van der Waals surface area contributed by atoms with E-state index in [1.54, 1.807) is 12.0 Å². The summed E-state index contributed by atoms with van der Waals surface area (Å²) in [6.07, 6.45) is 3.20. The summed E-state index contributed by atoms with van der Waals surface area (Å²) in [5, 5.41) is 15.0. The van der Waals surface area contributed by atoms with E-state index in [-0.39, 0.29) is 30.0 Å². The number of methoxy groups -OCH3 is 1. The first-order valence-corrected chi connectivity index (χ1v) is 11.1. The second-order valence-corrected chi connectivity index (χ2v) is 8.32. The van der Waals surface area contributed by atoms with Crippen molar-refractivity contribution in [1.29, 1.82) is 0 Å². The lowest BCUT2D eigenvalue weighted by molar-refractivity contribution is 0.0425. The fourth-order valence-corrected chi connectivity index (χ4v) is 4.71. The van der Waals surface area contributed by atoms with Crippen LogP contribution in [0.4, 0.5) is 8.78 Å². The Labute approximate surface area is 194 Å². The van der Waals surface area contributed by atoms with Crippen molar-refractivity contribution in [2.24, 2.45) is 0 Å². The minimum absolute atomic E-state index is 0.0297. The van der Waals surface area contributed by atoms with E-state index in [1.165, 1.54) is 16.9 Å². The number of aromatic nitrogens is 1. The Kier molecular flexibility index (Phi) is 6.56. The summed E-state index contributed by atoms with van der Waals surface area (Å²) in [6.45, 7) is 2.24. The number of rotatable bonds is 6. The van der Waals surface area contributed by atoms with E-state index in [2.05, 4.69) is 5.32 Å². The smallest absolute Gasteiger partial charge is 0.278 e. The van der Waals surface area contributed by atoms with E-state index in [9.17, 15) is 28.3 Å². The van der Waals surface area contributed by atoms with Gasteiger partial charge in [-0.1, -0.05) is 6.07 Å². The third kappa shape index (κ3) is 4.00. The Morgan fingerprint density at radius 1 is 1.26 bits per heavy atom. The number of nitrogens with zero attached hydrogens (tertiary/aromatic N) is 3. The van der Waals surface area contributed by atoms with E-state index in [0.29, 0.717) is 25.6 Å². The highest BCUT2D eigenvalue weighted by molar-refractivity contribution is 5.99. The molecule has 2 aliphatic heterocycles. The summed E-state index contributed by atoms with van der Waals surface area (Å²) in [5.74, 6) is -3.78. The molecular weight excluding hydrogens is 450 g/mol. The molecule has 0 aliphatic carbocycles. The van der Waals surface area contributed by atoms with Crippen molar-refractivity contribution >= 4 is 11.8 Å². The van der Waals surface area contributed by atoms with Gasteiger partial charge in [0.05, 0.1) is 12.6 Å². The lowest BCUT2D eigenvalue weighted by Crippen LogP contribution is -2.67. The van der Waals surface area contributed by atoms with Gasteiger partial charge in [-0.25, -0.2) is 8.78 Å². The number of fused-ring (bicyclic) bond motifs is 3. The van der Waals surface area contributed by atoms with Crippen LogP contribution in [-0.2, 0) is 11.3 Å². The van der Waals surface area contributed by atoms with Crippen molar-refractivity contribution in [3.8, 4) is 5.75 Å². The number of halogens is 2. The van der Waals surface area contributed by atoms with E-state index < -0.39 is 40.2 Å². The number of carbonyl (C=O) groups is 2. The third-order valence-corrected chi connectivity index (χ3v) is 6.31. The van der Waals surface area contributed by atoms with Gasteiger partial charge in [0.25, 0.3) is 11.8 Å². The number of amides is 2. The van der Waals surface area contributed by atoms with Gasteiger partial charge in [0, 0.05) is 38.0 Å². The van der Waals surface area contributed by atoms with Crippen molar-refractivity contribution < 1.29 is 28.2 Å². The topological polar surface area (TPSA) is 104 Å². The standard InChI is InChI=1S/C23H26F2N4O5/c1-3-27-18-6-4-5-15(12-34-2)29(18)28-11-16(20(30)21(31)19(28)23(27)33)22(32)26-10-13-7-8-14(24)9-17(13)25/h7-9,11,15,18,31H,3-6,10,12H2,1-2H3,(H,26,32)/t15-,18-/m0/s1. The molecule has 3 heterocycles. The van der Waals surface area contributed by atoms with Crippen LogP contribution in [0.25, 0.3) is 0 Å². The summed E-state index contributed by atoms with van der Waals surface area (Å²) < 4.78 is 33.8. The van der Waals surface area contributed by atoms with Crippen molar-refractivity contribution in [3.63, 3.8) is 0 Å². The van der Waals surface area contributed by atoms with Gasteiger partial charge in [-0.05, 0) is 32.3 Å². The van der Waals surface area contributed by atoms with Crippen LogP contribution in [0, 0.1) is 11.6 Å². The Morgan fingerprint density at radius 2 is 2.03 bits per heavy atom. The van der Waals surface area contributed by atoms with Crippen LogP contribution in [0.3, 0.4) is 0 Å². The number of benzene rings is 1. The third-order valence-electron chi connectivity index (χ3n) is 6.31. The molecule has 4 rings (SSSR count). The molecule has 9 nitrogen and oxygen atoms in total. The number of pyridine rings is 1. The Balaban J connectivity index is 1.74. The van der Waals surface area contributed by atoms with E-state index >= 15 is 0 Å². The van der Waals surface area contributed by atoms with Crippen molar-refractivity contribution in [3.05, 3.63) is 63.1 Å². The normalized spacial score (nSPS) is 19.6. The molecule has 0 unspecified atom stereocenters. The largest absolute Gasteiger partial charge is 0.502 e. The minimum atomic E-state index is -1.01. The van der Waals surface area contributed by atoms with Crippen LogP contribution in [-0.4, -0.2) is 59.0 Å². The van der Waals surface area contributed by atoms with Crippen LogP contribution < -0.4 is 15.8 Å². The van der Waals surface area contributed by atoms with Crippen molar-refractivity contribution in [2.45, 2.75) is 44.9 Å². The second-order valence-electron chi connectivity index (χ2n) is 8.32.